The van der Waals surface area contributed by atoms with Gasteiger partial charge in [0.05, 0.1) is 5.69 Å². The van der Waals surface area contributed by atoms with E-state index in [1.54, 1.807) is 0 Å². The van der Waals surface area contributed by atoms with Gasteiger partial charge in [-0.15, -0.1) is 0 Å². The van der Waals surface area contributed by atoms with E-state index in [1.807, 2.05) is 0 Å². The van der Waals surface area contributed by atoms with Crippen LogP contribution >= 0.6 is 11.6 Å². The van der Waals surface area contributed by atoms with Crippen molar-refractivity contribution >= 4 is 11.6 Å². The maximum atomic E-state index is 12.4. The summed E-state index contributed by atoms with van der Waals surface area (Å²) in [6.45, 7) is -0.531. The second-order valence-corrected chi connectivity index (χ2v) is 3.10. The molecule has 14 heavy (non-hydrogen) atoms. The van der Waals surface area contributed by atoms with Gasteiger partial charge in [-0.2, -0.15) is 13.2 Å². The molecule has 1 atom stereocenters. The molecule has 1 heterocycles. The highest BCUT2D eigenvalue weighted by Crippen LogP contribution is 2.33. The first-order valence-electron chi connectivity index (χ1n) is 3.84. The lowest BCUT2D eigenvalue weighted by Gasteiger charge is -2.17. The van der Waals surface area contributed by atoms with Crippen molar-refractivity contribution in [2.24, 2.45) is 5.73 Å². The number of hydrogen-bond acceptors (Lipinski definition) is 2. The minimum absolute atomic E-state index is 0.0326. The lowest BCUT2D eigenvalue weighted by molar-refractivity contribution is -0.148. The SMILES string of the molecule is NCC(c1cccc(Cl)n1)C(F)(F)F. The molecule has 0 aliphatic rings. The Morgan fingerprint density at radius 2 is 2.07 bits per heavy atom. The second-order valence-electron chi connectivity index (χ2n) is 2.72. The molecule has 0 radical (unpaired) electrons. The Labute approximate surface area is 83.9 Å². The Hall–Kier alpha value is -0.810. The number of rotatable bonds is 2. The molecule has 2 nitrogen and oxygen atoms in total. The lowest BCUT2D eigenvalue weighted by Crippen LogP contribution is -2.28. The molecule has 0 aromatic carbocycles. The molecule has 0 aliphatic heterocycles. The summed E-state index contributed by atoms with van der Waals surface area (Å²) in [6, 6.07) is 4.09. The molecule has 0 saturated carbocycles. The summed E-state index contributed by atoms with van der Waals surface area (Å²) in [4.78, 5) is 3.58. The molecule has 1 unspecified atom stereocenters. The highest BCUT2D eigenvalue weighted by atomic mass is 35.5. The van der Waals surface area contributed by atoms with Gasteiger partial charge < -0.3 is 5.73 Å². The van der Waals surface area contributed by atoms with Gasteiger partial charge in [-0.25, -0.2) is 4.98 Å². The van der Waals surface area contributed by atoms with Crippen LogP contribution in [0.5, 0.6) is 0 Å². The predicted octanol–water partition coefficient (Wildman–Crippen LogP) is 2.34. The quantitative estimate of drug-likeness (QED) is 0.784. The van der Waals surface area contributed by atoms with Crippen molar-refractivity contribution in [3.63, 3.8) is 0 Å². The fourth-order valence-corrected chi connectivity index (χ4v) is 1.21. The van der Waals surface area contributed by atoms with Crippen LogP contribution in [0.1, 0.15) is 11.6 Å². The predicted molar refractivity (Wildman–Crippen MR) is 47.1 cm³/mol. The largest absolute Gasteiger partial charge is 0.398 e. The third-order valence-corrected chi connectivity index (χ3v) is 1.93. The molecule has 2 N–H and O–H groups in total. The summed E-state index contributed by atoms with van der Waals surface area (Å²) >= 11 is 5.48. The van der Waals surface area contributed by atoms with Crippen LogP contribution in [0.25, 0.3) is 0 Å². The molecule has 6 heteroatoms. The van der Waals surface area contributed by atoms with E-state index in [-0.39, 0.29) is 10.8 Å². The fraction of sp³-hybridized carbons (Fsp3) is 0.375. The standard InChI is InChI=1S/C8H8ClF3N2/c9-7-3-1-2-6(14-7)5(4-13)8(10,11)12/h1-3,5H,4,13H2. The zero-order valence-corrected chi connectivity index (χ0v) is 7.81. The van der Waals surface area contributed by atoms with Crippen LogP contribution < -0.4 is 5.73 Å². The van der Waals surface area contributed by atoms with Crippen LogP contribution in [0.15, 0.2) is 18.2 Å². The monoisotopic (exact) mass is 224 g/mol. The van der Waals surface area contributed by atoms with Crippen LogP contribution in [0.2, 0.25) is 5.15 Å². The molecule has 0 fully saturated rings. The third-order valence-electron chi connectivity index (χ3n) is 1.72. The molecule has 1 aromatic heterocycles. The molecule has 0 bridgehead atoms. The number of nitrogens with two attached hydrogens (primary N) is 1. The molecule has 78 valence electrons. The van der Waals surface area contributed by atoms with Crippen LogP contribution in [0.4, 0.5) is 13.2 Å². The second kappa shape index (κ2) is 4.14. The highest BCUT2D eigenvalue weighted by molar-refractivity contribution is 6.29. The first kappa shape index (κ1) is 11.3. The van der Waals surface area contributed by atoms with E-state index >= 15 is 0 Å². The Balaban J connectivity index is 3.01. The number of halogens is 4. The molecule has 1 rings (SSSR count). The molecule has 1 aromatic rings. The first-order chi connectivity index (χ1) is 6.45. The van der Waals surface area contributed by atoms with E-state index < -0.39 is 18.6 Å². The lowest BCUT2D eigenvalue weighted by atomic mass is 10.1. The summed E-state index contributed by atoms with van der Waals surface area (Å²) in [5.74, 6) is -1.75. The average Bonchev–Trinajstić information content (AvgIpc) is 2.02. The maximum absolute atomic E-state index is 12.4. The van der Waals surface area contributed by atoms with Gasteiger partial charge in [-0.05, 0) is 12.1 Å². The van der Waals surface area contributed by atoms with Crippen LogP contribution in [0, 0.1) is 0 Å². The van der Waals surface area contributed by atoms with Crippen molar-refractivity contribution in [1.82, 2.24) is 4.98 Å². The highest BCUT2D eigenvalue weighted by Gasteiger charge is 2.40. The van der Waals surface area contributed by atoms with Crippen LogP contribution in [-0.4, -0.2) is 17.7 Å². The zero-order valence-electron chi connectivity index (χ0n) is 7.05. The average molecular weight is 225 g/mol. The van der Waals surface area contributed by atoms with Crippen molar-refractivity contribution < 1.29 is 13.2 Å². The van der Waals surface area contributed by atoms with E-state index in [9.17, 15) is 13.2 Å². The van der Waals surface area contributed by atoms with Crippen molar-refractivity contribution in [2.45, 2.75) is 12.1 Å². The van der Waals surface area contributed by atoms with Crippen molar-refractivity contribution in [3.05, 3.63) is 29.0 Å². The van der Waals surface area contributed by atoms with E-state index in [0.29, 0.717) is 0 Å². The molecule has 0 spiro atoms. The fourth-order valence-electron chi connectivity index (χ4n) is 1.04. The van der Waals surface area contributed by atoms with E-state index in [2.05, 4.69) is 4.98 Å². The van der Waals surface area contributed by atoms with Gasteiger partial charge in [0.1, 0.15) is 11.1 Å². The molecule has 0 aliphatic carbocycles. The van der Waals surface area contributed by atoms with Crippen molar-refractivity contribution in [2.75, 3.05) is 6.54 Å². The van der Waals surface area contributed by atoms with Crippen LogP contribution in [-0.2, 0) is 0 Å². The normalized spacial score (nSPS) is 14.1. The summed E-state index contributed by atoms with van der Waals surface area (Å²) in [5.41, 5.74) is 4.89. The summed E-state index contributed by atoms with van der Waals surface area (Å²) < 4.78 is 37.1. The molecular weight excluding hydrogens is 217 g/mol. The minimum Gasteiger partial charge on any atom is -0.329 e. The van der Waals surface area contributed by atoms with Crippen molar-refractivity contribution in [3.8, 4) is 0 Å². The number of alkyl halides is 3. The number of nitrogens with zero attached hydrogens (tertiary/aromatic N) is 1. The van der Waals surface area contributed by atoms with E-state index in [1.165, 1.54) is 18.2 Å². The van der Waals surface area contributed by atoms with Gasteiger partial charge in [0.25, 0.3) is 0 Å². The summed E-state index contributed by atoms with van der Waals surface area (Å²) in [6.07, 6.45) is -4.38. The molecular formula is C8H8ClF3N2. The number of aromatic nitrogens is 1. The Kier molecular flexibility index (Phi) is 3.34. The smallest absolute Gasteiger partial charge is 0.329 e. The summed E-state index contributed by atoms with van der Waals surface area (Å²) in [7, 11) is 0. The van der Waals surface area contributed by atoms with E-state index in [4.69, 9.17) is 17.3 Å². The van der Waals surface area contributed by atoms with Crippen molar-refractivity contribution in [1.29, 1.82) is 0 Å². The van der Waals surface area contributed by atoms with E-state index in [0.717, 1.165) is 0 Å². The topological polar surface area (TPSA) is 38.9 Å². The van der Waals surface area contributed by atoms with Gasteiger partial charge in [0, 0.05) is 6.54 Å². The maximum Gasteiger partial charge on any atom is 0.398 e. The van der Waals surface area contributed by atoms with Gasteiger partial charge in [-0.3, -0.25) is 0 Å². The Morgan fingerprint density at radius 3 is 2.50 bits per heavy atom. The molecule has 0 amide bonds. The minimum atomic E-state index is -4.38. The van der Waals surface area contributed by atoms with Gasteiger partial charge >= 0.3 is 6.18 Å². The van der Waals surface area contributed by atoms with Gasteiger partial charge in [-0.1, -0.05) is 17.7 Å². The Bertz CT molecular complexity index is 314. The zero-order chi connectivity index (χ0) is 10.8. The number of hydrogen-bond donors (Lipinski definition) is 1. The van der Waals surface area contributed by atoms with Gasteiger partial charge in [0.2, 0.25) is 0 Å². The molecule has 0 saturated heterocycles. The van der Waals surface area contributed by atoms with Crippen LogP contribution in [0.3, 0.4) is 0 Å². The third kappa shape index (κ3) is 2.59. The first-order valence-corrected chi connectivity index (χ1v) is 4.22. The van der Waals surface area contributed by atoms with Gasteiger partial charge in [0.15, 0.2) is 0 Å². The number of pyridine rings is 1. The summed E-state index contributed by atoms with van der Waals surface area (Å²) in [5, 5.41) is 0.0326. The Morgan fingerprint density at radius 1 is 1.43 bits per heavy atom.